The van der Waals surface area contributed by atoms with Crippen molar-refractivity contribution in [2.75, 3.05) is 33.3 Å². The Balaban J connectivity index is 1.94. The molecule has 0 spiro atoms. The first-order chi connectivity index (χ1) is 10.6. The minimum absolute atomic E-state index is 0.171. The summed E-state index contributed by atoms with van der Waals surface area (Å²) in [6.07, 6.45) is 1.11. The number of piperazine rings is 1. The number of ether oxygens (including phenoxy) is 2. The standard InChI is InChI=1S/C16H22N2O4/c1-12(19)22-14-5-3-13(11-15(14)21-2)4-6-16(20)18-9-7-17-8-10-18/h3,5,11,17H,4,6-10H2,1-2H3. The monoisotopic (exact) mass is 306 g/mol. The van der Waals surface area contributed by atoms with E-state index < -0.39 is 0 Å². The summed E-state index contributed by atoms with van der Waals surface area (Å²) < 4.78 is 10.3. The molecule has 2 rings (SSSR count). The fourth-order valence-corrected chi connectivity index (χ4v) is 2.43. The van der Waals surface area contributed by atoms with Crippen LogP contribution in [0.1, 0.15) is 18.9 Å². The third-order valence-corrected chi connectivity index (χ3v) is 3.58. The van der Waals surface area contributed by atoms with Crippen LogP contribution in [0.5, 0.6) is 11.5 Å². The molecule has 1 saturated heterocycles. The number of methoxy groups -OCH3 is 1. The molecule has 0 radical (unpaired) electrons. The second-order valence-corrected chi connectivity index (χ2v) is 5.21. The number of rotatable bonds is 5. The number of benzene rings is 1. The largest absolute Gasteiger partial charge is 0.493 e. The number of aryl methyl sites for hydroxylation is 1. The van der Waals surface area contributed by atoms with Gasteiger partial charge in [0.15, 0.2) is 11.5 Å². The SMILES string of the molecule is COc1cc(CCC(=O)N2CCNCC2)ccc1OC(C)=O. The summed E-state index contributed by atoms with van der Waals surface area (Å²) in [6, 6.07) is 5.36. The Morgan fingerprint density at radius 2 is 1.95 bits per heavy atom. The average molecular weight is 306 g/mol. The van der Waals surface area contributed by atoms with Crippen molar-refractivity contribution in [2.24, 2.45) is 0 Å². The van der Waals surface area contributed by atoms with Gasteiger partial charge in [-0.3, -0.25) is 9.59 Å². The zero-order chi connectivity index (χ0) is 15.9. The van der Waals surface area contributed by atoms with Gasteiger partial charge < -0.3 is 19.7 Å². The van der Waals surface area contributed by atoms with E-state index in [2.05, 4.69) is 5.32 Å². The highest BCUT2D eigenvalue weighted by atomic mass is 16.6. The average Bonchev–Trinajstić information content (AvgIpc) is 2.54. The molecule has 1 amide bonds. The van der Waals surface area contributed by atoms with Gasteiger partial charge in [0.1, 0.15) is 0 Å². The number of amides is 1. The van der Waals surface area contributed by atoms with Crippen LogP contribution in [0.2, 0.25) is 0 Å². The first-order valence-corrected chi connectivity index (χ1v) is 7.44. The van der Waals surface area contributed by atoms with Gasteiger partial charge in [-0.25, -0.2) is 0 Å². The molecule has 1 aromatic rings. The predicted octanol–water partition coefficient (Wildman–Crippen LogP) is 0.985. The van der Waals surface area contributed by atoms with Crippen LogP contribution in [-0.4, -0.2) is 50.1 Å². The lowest BCUT2D eigenvalue weighted by atomic mass is 10.1. The van der Waals surface area contributed by atoms with Crippen molar-refractivity contribution in [1.29, 1.82) is 0 Å². The highest BCUT2D eigenvalue weighted by Crippen LogP contribution is 2.28. The van der Waals surface area contributed by atoms with Crippen molar-refractivity contribution in [2.45, 2.75) is 19.8 Å². The van der Waals surface area contributed by atoms with E-state index in [1.54, 1.807) is 6.07 Å². The molecule has 120 valence electrons. The maximum atomic E-state index is 12.1. The normalized spacial score (nSPS) is 14.5. The molecule has 0 bridgehead atoms. The quantitative estimate of drug-likeness (QED) is 0.649. The summed E-state index contributed by atoms with van der Waals surface area (Å²) in [5.74, 6) is 0.680. The van der Waals surface area contributed by atoms with Crippen LogP contribution in [0.25, 0.3) is 0 Å². The van der Waals surface area contributed by atoms with Gasteiger partial charge in [0.25, 0.3) is 0 Å². The molecule has 6 nitrogen and oxygen atoms in total. The molecule has 1 aliphatic rings. The highest BCUT2D eigenvalue weighted by Gasteiger charge is 2.16. The molecule has 6 heteroatoms. The number of hydrogen-bond donors (Lipinski definition) is 1. The Bertz CT molecular complexity index is 539. The van der Waals surface area contributed by atoms with Crippen LogP contribution in [0, 0.1) is 0 Å². The fraction of sp³-hybridized carbons (Fsp3) is 0.500. The highest BCUT2D eigenvalue weighted by molar-refractivity contribution is 5.76. The summed E-state index contributed by atoms with van der Waals surface area (Å²) in [5.41, 5.74) is 0.983. The van der Waals surface area contributed by atoms with E-state index in [4.69, 9.17) is 9.47 Å². The Labute approximate surface area is 130 Å². The van der Waals surface area contributed by atoms with Gasteiger partial charge >= 0.3 is 5.97 Å². The Kier molecular flexibility index (Phi) is 5.77. The number of hydrogen-bond acceptors (Lipinski definition) is 5. The molecular weight excluding hydrogens is 284 g/mol. The lowest BCUT2D eigenvalue weighted by molar-refractivity contribution is -0.132. The maximum absolute atomic E-state index is 12.1. The van der Waals surface area contributed by atoms with Crippen LogP contribution in [0.3, 0.4) is 0 Å². The predicted molar refractivity (Wildman–Crippen MR) is 82.1 cm³/mol. The van der Waals surface area contributed by atoms with Crippen molar-refractivity contribution < 1.29 is 19.1 Å². The molecule has 1 aliphatic heterocycles. The molecule has 0 unspecified atom stereocenters. The van der Waals surface area contributed by atoms with Crippen molar-refractivity contribution in [3.63, 3.8) is 0 Å². The van der Waals surface area contributed by atoms with E-state index in [-0.39, 0.29) is 11.9 Å². The smallest absolute Gasteiger partial charge is 0.308 e. The van der Waals surface area contributed by atoms with Crippen LogP contribution < -0.4 is 14.8 Å². The molecule has 0 atom stereocenters. The second kappa shape index (κ2) is 7.79. The maximum Gasteiger partial charge on any atom is 0.308 e. The van der Waals surface area contributed by atoms with Crippen molar-refractivity contribution in [3.05, 3.63) is 23.8 Å². The third-order valence-electron chi connectivity index (χ3n) is 3.58. The van der Waals surface area contributed by atoms with Crippen LogP contribution in [0.4, 0.5) is 0 Å². The molecule has 1 aromatic carbocycles. The van der Waals surface area contributed by atoms with E-state index in [0.29, 0.717) is 24.3 Å². The van der Waals surface area contributed by atoms with E-state index >= 15 is 0 Å². The van der Waals surface area contributed by atoms with Crippen LogP contribution in [-0.2, 0) is 16.0 Å². The van der Waals surface area contributed by atoms with E-state index in [0.717, 1.165) is 31.7 Å². The minimum Gasteiger partial charge on any atom is -0.493 e. The number of nitrogens with one attached hydrogen (secondary N) is 1. The minimum atomic E-state index is -0.389. The molecule has 0 aliphatic carbocycles. The first kappa shape index (κ1) is 16.3. The van der Waals surface area contributed by atoms with Gasteiger partial charge in [0, 0.05) is 39.5 Å². The Morgan fingerprint density at radius 3 is 2.59 bits per heavy atom. The van der Waals surface area contributed by atoms with Gasteiger partial charge in [0.2, 0.25) is 5.91 Å². The third kappa shape index (κ3) is 4.46. The molecular formula is C16H22N2O4. The Morgan fingerprint density at radius 1 is 1.23 bits per heavy atom. The molecule has 1 fully saturated rings. The van der Waals surface area contributed by atoms with Gasteiger partial charge in [-0.05, 0) is 24.1 Å². The number of esters is 1. The Hall–Kier alpha value is -2.08. The molecule has 1 heterocycles. The van der Waals surface area contributed by atoms with Crippen molar-refractivity contribution in [3.8, 4) is 11.5 Å². The number of carbonyl (C=O) groups excluding carboxylic acids is 2. The molecule has 1 N–H and O–H groups in total. The summed E-state index contributed by atoms with van der Waals surface area (Å²) in [5, 5.41) is 3.23. The van der Waals surface area contributed by atoms with Crippen LogP contribution in [0.15, 0.2) is 18.2 Å². The second-order valence-electron chi connectivity index (χ2n) is 5.21. The van der Waals surface area contributed by atoms with E-state index in [1.807, 2.05) is 17.0 Å². The lowest BCUT2D eigenvalue weighted by Crippen LogP contribution is -2.46. The van der Waals surface area contributed by atoms with Gasteiger partial charge in [-0.15, -0.1) is 0 Å². The summed E-state index contributed by atoms with van der Waals surface area (Å²) >= 11 is 0. The van der Waals surface area contributed by atoms with Gasteiger partial charge in [-0.2, -0.15) is 0 Å². The van der Waals surface area contributed by atoms with Gasteiger partial charge in [0.05, 0.1) is 7.11 Å². The van der Waals surface area contributed by atoms with E-state index in [9.17, 15) is 9.59 Å². The van der Waals surface area contributed by atoms with Crippen LogP contribution >= 0.6 is 0 Å². The molecule has 0 aromatic heterocycles. The number of nitrogens with zero attached hydrogens (tertiary/aromatic N) is 1. The summed E-state index contributed by atoms with van der Waals surface area (Å²) in [7, 11) is 1.53. The topological polar surface area (TPSA) is 67.9 Å². The van der Waals surface area contributed by atoms with Crippen molar-refractivity contribution >= 4 is 11.9 Å². The zero-order valence-corrected chi connectivity index (χ0v) is 13.1. The van der Waals surface area contributed by atoms with Gasteiger partial charge in [-0.1, -0.05) is 6.07 Å². The summed E-state index contributed by atoms with van der Waals surface area (Å²) in [6.45, 7) is 4.61. The van der Waals surface area contributed by atoms with E-state index in [1.165, 1.54) is 14.0 Å². The lowest BCUT2D eigenvalue weighted by Gasteiger charge is -2.27. The molecule has 0 saturated carbocycles. The summed E-state index contributed by atoms with van der Waals surface area (Å²) in [4.78, 5) is 25.0. The first-order valence-electron chi connectivity index (χ1n) is 7.44. The molecule has 22 heavy (non-hydrogen) atoms. The number of carbonyl (C=O) groups is 2. The fourth-order valence-electron chi connectivity index (χ4n) is 2.43. The van der Waals surface area contributed by atoms with Crippen molar-refractivity contribution in [1.82, 2.24) is 10.2 Å². The zero-order valence-electron chi connectivity index (χ0n) is 13.1.